The number of hydrogen-bond donors (Lipinski definition) is 3. The molecule has 2 rings (SSSR count). The van der Waals surface area contributed by atoms with E-state index in [1.54, 1.807) is 0 Å². The smallest absolute Gasteiger partial charge is 0.226 e. The molecule has 22 heavy (non-hydrogen) atoms. The summed E-state index contributed by atoms with van der Waals surface area (Å²) in [6.45, 7) is 5.93. The van der Waals surface area contributed by atoms with Crippen LogP contribution in [-0.2, 0) is 16.1 Å². The van der Waals surface area contributed by atoms with E-state index < -0.39 is 0 Å². The maximum absolute atomic E-state index is 11.9. The van der Waals surface area contributed by atoms with Crippen molar-refractivity contribution in [3.8, 4) is 0 Å². The summed E-state index contributed by atoms with van der Waals surface area (Å²) in [4.78, 5) is 23.5. The topological polar surface area (TPSA) is 70.2 Å². The Balaban J connectivity index is 0.00000242. The van der Waals surface area contributed by atoms with Gasteiger partial charge in [-0.2, -0.15) is 0 Å². The van der Waals surface area contributed by atoms with Crippen molar-refractivity contribution in [1.29, 1.82) is 0 Å². The van der Waals surface area contributed by atoms with E-state index in [2.05, 4.69) is 16.0 Å². The minimum atomic E-state index is -0.0380. The van der Waals surface area contributed by atoms with Crippen LogP contribution in [0.4, 0.5) is 5.69 Å². The molecule has 0 aromatic heterocycles. The third-order valence-electron chi connectivity index (χ3n) is 3.64. The SMILES string of the molecule is CC(C)C(=O)Nc1ccc(CNC(=O)C2CCNC2)cc1.Cl. The molecule has 5 nitrogen and oxygen atoms in total. The molecule has 1 atom stereocenters. The second-order valence-electron chi connectivity index (χ2n) is 5.75. The Kier molecular flexibility index (Phi) is 7.35. The number of carbonyl (C=O) groups is 2. The number of rotatable bonds is 5. The number of nitrogens with one attached hydrogen (secondary N) is 3. The lowest BCUT2D eigenvalue weighted by atomic mass is 10.1. The van der Waals surface area contributed by atoms with Gasteiger partial charge in [-0.15, -0.1) is 12.4 Å². The first-order chi connectivity index (χ1) is 10.1. The molecule has 0 spiro atoms. The van der Waals surface area contributed by atoms with Crippen molar-refractivity contribution < 1.29 is 9.59 Å². The third kappa shape index (κ3) is 5.31. The van der Waals surface area contributed by atoms with Gasteiger partial charge in [0.05, 0.1) is 5.92 Å². The fourth-order valence-electron chi connectivity index (χ4n) is 2.20. The number of amides is 2. The highest BCUT2D eigenvalue weighted by molar-refractivity contribution is 5.92. The average Bonchev–Trinajstić information content (AvgIpc) is 3.00. The molecular weight excluding hydrogens is 302 g/mol. The summed E-state index contributed by atoms with van der Waals surface area (Å²) in [5.41, 5.74) is 1.81. The monoisotopic (exact) mass is 325 g/mol. The summed E-state index contributed by atoms with van der Waals surface area (Å²) in [7, 11) is 0. The van der Waals surface area contributed by atoms with E-state index in [0.717, 1.165) is 30.8 Å². The van der Waals surface area contributed by atoms with Crippen LogP contribution in [0.2, 0.25) is 0 Å². The van der Waals surface area contributed by atoms with Crippen molar-refractivity contribution in [2.45, 2.75) is 26.8 Å². The van der Waals surface area contributed by atoms with Gasteiger partial charge >= 0.3 is 0 Å². The summed E-state index contributed by atoms with van der Waals surface area (Å²) in [5.74, 6) is 0.167. The third-order valence-corrected chi connectivity index (χ3v) is 3.64. The molecule has 0 saturated carbocycles. The minimum Gasteiger partial charge on any atom is -0.352 e. The van der Waals surface area contributed by atoms with Crippen LogP contribution in [0, 0.1) is 11.8 Å². The van der Waals surface area contributed by atoms with Crippen LogP contribution in [-0.4, -0.2) is 24.9 Å². The van der Waals surface area contributed by atoms with E-state index in [1.165, 1.54) is 0 Å². The molecule has 1 heterocycles. The van der Waals surface area contributed by atoms with E-state index in [0.29, 0.717) is 6.54 Å². The second kappa shape index (κ2) is 8.76. The fraction of sp³-hybridized carbons (Fsp3) is 0.500. The van der Waals surface area contributed by atoms with Gasteiger partial charge in [-0.05, 0) is 30.7 Å². The lowest BCUT2D eigenvalue weighted by Gasteiger charge is -2.11. The fourth-order valence-corrected chi connectivity index (χ4v) is 2.20. The lowest BCUT2D eigenvalue weighted by Crippen LogP contribution is -2.31. The number of halogens is 1. The Hall–Kier alpha value is -1.59. The molecule has 6 heteroatoms. The van der Waals surface area contributed by atoms with Gasteiger partial charge in [-0.3, -0.25) is 9.59 Å². The van der Waals surface area contributed by atoms with E-state index >= 15 is 0 Å². The van der Waals surface area contributed by atoms with Gasteiger partial charge < -0.3 is 16.0 Å². The van der Waals surface area contributed by atoms with Crippen molar-refractivity contribution in [1.82, 2.24) is 10.6 Å². The van der Waals surface area contributed by atoms with Gasteiger partial charge in [0, 0.05) is 24.7 Å². The van der Waals surface area contributed by atoms with Gasteiger partial charge in [0.2, 0.25) is 11.8 Å². The maximum Gasteiger partial charge on any atom is 0.226 e. The first kappa shape index (κ1) is 18.5. The number of benzene rings is 1. The van der Waals surface area contributed by atoms with Gasteiger partial charge in [0.15, 0.2) is 0 Å². The van der Waals surface area contributed by atoms with Crippen LogP contribution in [0.1, 0.15) is 25.8 Å². The Morgan fingerprint density at radius 2 is 1.95 bits per heavy atom. The molecule has 1 aromatic carbocycles. The zero-order valence-electron chi connectivity index (χ0n) is 13.0. The molecule has 0 aliphatic carbocycles. The van der Waals surface area contributed by atoms with Gasteiger partial charge in [0.25, 0.3) is 0 Å². The average molecular weight is 326 g/mol. The van der Waals surface area contributed by atoms with Crippen LogP contribution in [0.15, 0.2) is 24.3 Å². The molecule has 1 fully saturated rings. The number of anilines is 1. The molecule has 122 valence electrons. The quantitative estimate of drug-likeness (QED) is 0.774. The first-order valence-electron chi connectivity index (χ1n) is 7.44. The highest BCUT2D eigenvalue weighted by atomic mass is 35.5. The minimum absolute atomic E-state index is 0. The van der Waals surface area contributed by atoms with Gasteiger partial charge in [0.1, 0.15) is 0 Å². The summed E-state index contributed by atoms with van der Waals surface area (Å²) < 4.78 is 0. The summed E-state index contributed by atoms with van der Waals surface area (Å²) in [5, 5.41) is 8.98. The molecule has 0 radical (unpaired) electrons. The zero-order chi connectivity index (χ0) is 15.2. The Morgan fingerprint density at radius 3 is 2.50 bits per heavy atom. The van der Waals surface area contributed by atoms with Crippen molar-refractivity contribution in [3.05, 3.63) is 29.8 Å². The van der Waals surface area contributed by atoms with Crippen LogP contribution in [0.5, 0.6) is 0 Å². The van der Waals surface area contributed by atoms with E-state index in [4.69, 9.17) is 0 Å². The number of carbonyl (C=O) groups excluding carboxylic acids is 2. The zero-order valence-corrected chi connectivity index (χ0v) is 13.8. The Morgan fingerprint density at radius 1 is 1.27 bits per heavy atom. The molecule has 1 saturated heterocycles. The van der Waals surface area contributed by atoms with Crippen LogP contribution in [0.3, 0.4) is 0 Å². The number of hydrogen-bond acceptors (Lipinski definition) is 3. The summed E-state index contributed by atoms with van der Waals surface area (Å²) >= 11 is 0. The first-order valence-corrected chi connectivity index (χ1v) is 7.44. The van der Waals surface area contributed by atoms with Crippen LogP contribution >= 0.6 is 12.4 Å². The molecule has 3 N–H and O–H groups in total. The maximum atomic E-state index is 11.9. The van der Waals surface area contributed by atoms with Crippen molar-refractivity contribution in [2.75, 3.05) is 18.4 Å². The Labute approximate surface area is 137 Å². The van der Waals surface area contributed by atoms with Gasteiger partial charge in [-0.1, -0.05) is 26.0 Å². The van der Waals surface area contributed by atoms with E-state index in [-0.39, 0.29) is 36.1 Å². The van der Waals surface area contributed by atoms with Crippen molar-refractivity contribution >= 4 is 29.9 Å². The molecule has 1 aromatic rings. The van der Waals surface area contributed by atoms with Crippen LogP contribution < -0.4 is 16.0 Å². The standard InChI is InChI=1S/C16H23N3O2.ClH/c1-11(2)15(20)19-14-5-3-12(4-6-14)9-18-16(21)13-7-8-17-10-13;/h3-6,11,13,17H,7-10H2,1-2H3,(H,18,21)(H,19,20);1H. The van der Waals surface area contributed by atoms with E-state index in [9.17, 15) is 9.59 Å². The lowest BCUT2D eigenvalue weighted by molar-refractivity contribution is -0.124. The van der Waals surface area contributed by atoms with Gasteiger partial charge in [-0.25, -0.2) is 0 Å². The largest absolute Gasteiger partial charge is 0.352 e. The molecule has 2 amide bonds. The van der Waals surface area contributed by atoms with Crippen molar-refractivity contribution in [2.24, 2.45) is 11.8 Å². The Bertz CT molecular complexity index is 497. The predicted molar refractivity (Wildman–Crippen MR) is 90.0 cm³/mol. The van der Waals surface area contributed by atoms with Crippen molar-refractivity contribution in [3.63, 3.8) is 0 Å². The molecule has 1 aliphatic heterocycles. The molecule has 0 bridgehead atoms. The highest BCUT2D eigenvalue weighted by Gasteiger charge is 2.21. The normalized spacial score (nSPS) is 17.0. The second-order valence-corrected chi connectivity index (χ2v) is 5.75. The molecule has 1 aliphatic rings. The highest BCUT2D eigenvalue weighted by Crippen LogP contribution is 2.12. The summed E-state index contributed by atoms with van der Waals surface area (Å²) in [6, 6.07) is 7.56. The predicted octanol–water partition coefficient (Wildman–Crippen LogP) is 1.93. The summed E-state index contributed by atoms with van der Waals surface area (Å²) in [6.07, 6.45) is 0.909. The molecule has 1 unspecified atom stereocenters. The van der Waals surface area contributed by atoms with Crippen LogP contribution in [0.25, 0.3) is 0 Å². The van der Waals surface area contributed by atoms with E-state index in [1.807, 2.05) is 38.1 Å². The molecular formula is C16H24ClN3O2.